The van der Waals surface area contributed by atoms with Gasteiger partial charge >= 0.3 is 0 Å². The zero-order valence-corrected chi connectivity index (χ0v) is 11.1. The van der Waals surface area contributed by atoms with Gasteiger partial charge in [0.15, 0.2) is 0 Å². The average molecular weight is 252 g/mol. The van der Waals surface area contributed by atoms with Gasteiger partial charge in [0.05, 0.1) is 18.1 Å². The van der Waals surface area contributed by atoms with Crippen LogP contribution in [0.25, 0.3) is 0 Å². The number of ether oxygens (including phenoxy) is 1. The van der Waals surface area contributed by atoms with E-state index in [1.165, 1.54) is 25.7 Å². The Balaban J connectivity index is 1.41. The number of hydrogen-bond acceptors (Lipinski definition) is 3. The fourth-order valence-electron chi connectivity index (χ4n) is 3.23. The molecule has 1 saturated carbocycles. The first-order chi connectivity index (χ1) is 8.83. The minimum atomic E-state index is 0.248. The lowest BCUT2D eigenvalue weighted by Gasteiger charge is -2.37. The molecule has 2 saturated heterocycles. The molecule has 4 nitrogen and oxygen atoms in total. The average Bonchev–Trinajstić information content (AvgIpc) is 2.80. The Morgan fingerprint density at radius 2 is 1.61 bits per heavy atom. The van der Waals surface area contributed by atoms with Crippen LogP contribution in [0.15, 0.2) is 0 Å². The molecule has 0 bridgehead atoms. The first-order valence-electron chi connectivity index (χ1n) is 7.48. The molecule has 0 aromatic heterocycles. The summed E-state index contributed by atoms with van der Waals surface area (Å²) in [6.07, 6.45) is 8.11. The molecular weight excluding hydrogens is 228 g/mol. The number of amides is 1. The monoisotopic (exact) mass is 252 g/mol. The van der Waals surface area contributed by atoms with Crippen molar-refractivity contribution >= 4 is 5.91 Å². The topological polar surface area (TPSA) is 41.6 Å². The maximum atomic E-state index is 12.1. The molecule has 4 heteroatoms. The molecule has 0 aromatic rings. The number of piperidine rings is 1. The van der Waals surface area contributed by atoms with Gasteiger partial charge in [-0.1, -0.05) is 12.8 Å². The van der Waals surface area contributed by atoms with Crippen LogP contribution in [0.2, 0.25) is 0 Å². The van der Waals surface area contributed by atoms with Gasteiger partial charge in [0, 0.05) is 26.2 Å². The molecule has 0 unspecified atom stereocenters. The van der Waals surface area contributed by atoms with Crippen molar-refractivity contribution in [3.63, 3.8) is 0 Å². The summed E-state index contributed by atoms with van der Waals surface area (Å²) in [5.74, 6) is 0.602. The van der Waals surface area contributed by atoms with Gasteiger partial charge in [0.1, 0.15) is 0 Å². The zero-order valence-electron chi connectivity index (χ0n) is 11.1. The van der Waals surface area contributed by atoms with Crippen molar-refractivity contribution in [1.82, 2.24) is 10.2 Å². The van der Waals surface area contributed by atoms with Crippen molar-refractivity contribution < 1.29 is 9.53 Å². The summed E-state index contributed by atoms with van der Waals surface area (Å²) in [6, 6.07) is 0. The Labute approximate surface area is 109 Å². The van der Waals surface area contributed by atoms with Crippen molar-refractivity contribution in [2.24, 2.45) is 5.92 Å². The zero-order chi connectivity index (χ0) is 12.4. The van der Waals surface area contributed by atoms with Crippen LogP contribution in [0.4, 0.5) is 0 Å². The second kappa shape index (κ2) is 5.57. The molecule has 3 rings (SSSR count). The smallest absolute Gasteiger partial charge is 0.228 e. The molecule has 1 amide bonds. The fraction of sp³-hybridized carbons (Fsp3) is 0.929. The van der Waals surface area contributed by atoms with E-state index < -0.39 is 0 Å². The van der Waals surface area contributed by atoms with E-state index in [-0.39, 0.29) is 5.92 Å². The van der Waals surface area contributed by atoms with E-state index >= 15 is 0 Å². The van der Waals surface area contributed by atoms with Gasteiger partial charge in [0.2, 0.25) is 5.91 Å². The summed E-state index contributed by atoms with van der Waals surface area (Å²) >= 11 is 0. The fourth-order valence-corrected chi connectivity index (χ4v) is 3.23. The van der Waals surface area contributed by atoms with E-state index in [9.17, 15) is 4.79 Å². The molecule has 1 N–H and O–H groups in total. The summed E-state index contributed by atoms with van der Waals surface area (Å²) in [5.41, 5.74) is 0. The van der Waals surface area contributed by atoms with Crippen molar-refractivity contribution in [3.8, 4) is 0 Å². The highest BCUT2D eigenvalue weighted by Crippen LogP contribution is 2.25. The van der Waals surface area contributed by atoms with Crippen LogP contribution in [0, 0.1) is 5.92 Å². The highest BCUT2D eigenvalue weighted by atomic mass is 16.5. The van der Waals surface area contributed by atoms with Gasteiger partial charge in [-0.15, -0.1) is 0 Å². The molecule has 3 fully saturated rings. The third kappa shape index (κ3) is 2.69. The molecular formula is C14H24N2O2. The predicted octanol–water partition coefficient (Wildman–Crippen LogP) is 1.16. The van der Waals surface area contributed by atoms with Gasteiger partial charge in [-0.05, 0) is 25.7 Å². The van der Waals surface area contributed by atoms with Gasteiger partial charge < -0.3 is 15.0 Å². The summed E-state index contributed by atoms with van der Waals surface area (Å²) in [4.78, 5) is 14.1. The van der Waals surface area contributed by atoms with E-state index in [1.54, 1.807) is 0 Å². The second-order valence-corrected chi connectivity index (χ2v) is 5.92. The molecule has 0 atom stereocenters. The minimum Gasteiger partial charge on any atom is -0.375 e. The lowest BCUT2D eigenvalue weighted by atomic mass is 9.99. The maximum Gasteiger partial charge on any atom is 0.228 e. The lowest BCUT2D eigenvalue weighted by Crippen LogP contribution is -2.54. The Hall–Kier alpha value is -0.610. The molecule has 1 aliphatic carbocycles. The Bertz CT molecular complexity index is 290. The second-order valence-electron chi connectivity index (χ2n) is 5.92. The number of carbonyl (C=O) groups is 1. The van der Waals surface area contributed by atoms with Crippen LogP contribution in [-0.4, -0.2) is 49.2 Å². The number of carbonyl (C=O) groups excluding carboxylic acids is 1. The maximum absolute atomic E-state index is 12.1. The van der Waals surface area contributed by atoms with Crippen molar-refractivity contribution in [2.75, 3.05) is 26.2 Å². The third-order valence-electron chi connectivity index (χ3n) is 4.57. The van der Waals surface area contributed by atoms with E-state index in [4.69, 9.17) is 4.74 Å². The van der Waals surface area contributed by atoms with E-state index in [1.807, 2.05) is 4.90 Å². The van der Waals surface area contributed by atoms with Crippen molar-refractivity contribution in [2.45, 2.75) is 50.7 Å². The van der Waals surface area contributed by atoms with Crippen LogP contribution in [0.1, 0.15) is 38.5 Å². The van der Waals surface area contributed by atoms with Crippen molar-refractivity contribution in [3.05, 3.63) is 0 Å². The van der Waals surface area contributed by atoms with Gasteiger partial charge in [0.25, 0.3) is 0 Å². The molecule has 2 aliphatic heterocycles. The van der Waals surface area contributed by atoms with Crippen LogP contribution < -0.4 is 5.32 Å². The first kappa shape index (κ1) is 12.4. The highest BCUT2D eigenvalue weighted by molar-refractivity contribution is 5.80. The molecule has 18 heavy (non-hydrogen) atoms. The van der Waals surface area contributed by atoms with Crippen LogP contribution >= 0.6 is 0 Å². The van der Waals surface area contributed by atoms with Gasteiger partial charge in [-0.25, -0.2) is 0 Å². The summed E-state index contributed by atoms with van der Waals surface area (Å²) < 4.78 is 6.13. The molecule has 102 valence electrons. The molecule has 0 aromatic carbocycles. The highest BCUT2D eigenvalue weighted by Gasteiger charge is 2.32. The third-order valence-corrected chi connectivity index (χ3v) is 4.57. The number of nitrogens with zero attached hydrogens (tertiary/aromatic N) is 1. The number of nitrogens with one attached hydrogen (secondary N) is 1. The molecule has 3 aliphatic rings. The van der Waals surface area contributed by atoms with Crippen LogP contribution in [-0.2, 0) is 9.53 Å². The quantitative estimate of drug-likeness (QED) is 0.819. The standard InChI is InChI=1S/C14H24N2O2/c17-14(11-9-15-10-11)16-7-5-13(6-8-16)18-12-3-1-2-4-12/h11-13,15H,1-10H2. The van der Waals surface area contributed by atoms with Crippen LogP contribution in [0.5, 0.6) is 0 Å². The number of rotatable bonds is 3. The number of hydrogen-bond donors (Lipinski definition) is 1. The summed E-state index contributed by atoms with van der Waals surface area (Å²) in [6.45, 7) is 3.54. The molecule has 0 radical (unpaired) electrons. The summed E-state index contributed by atoms with van der Waals surface area (Å²) in [7, 11) is 0. The lowest BCUT2D eigenvalue weighted by molar-refractivity contribution is -0.140. The van der Waals surface area contributed by atoms with E-state index in [0.29, 0.717) is 18.1 Å². The molecule has 0 spiro atoms. The molecule has 2 heterocycles. The van der Waals surface area contributed by atoms with Gasteiger partial charge in [-0.3, -0.25) is 4.79 Å². The summed E-state index contributed by atoms with van der Waals surface area (Å²) in [5, 5.41) is 3.17. The Morgan fingerprint density at radius 1 is 1.00 bits per heavy atom. The largest absolute Gasteiger partial charge is 0.375 e. The predicted molar refractivity (Wildman–Crippen MR) is 69.3 cm³/mol. The Kier molecular flexibility index (Phi) is 3.85. The number of likely N-dealkylation sites (tertiary alicyclic amines) is 1. The normalized spacial score (nSPS) is 27.4. The van der Waals surface area contributed by atoms with Crippen molar-refractivity contribution in [1.29, 1.82) is 0 Å². The van der Waals surface area contributed by atoms with Crippen LogP contribution in [0.3, 0.4) is 0 Å². The van der Waals surface area contributed by atoms with E-state index in [2.05, 4.69) is 5.32 Å². The first-order valence-corrected chi connectivity index (χ1v) is 7.48. The van der Waals surface area contributed by atoms with E-state index in [0.717, 1.165) is 39.0 Å². The minimum absolute atomic E-state index is 0.248. The Morgan fingerprint density at radius 3 is 2.17 bits per heavy atom. The van der Waals surface area contributed by atoms with Gasteiger partial charge in [-0.2, -0.15) is 0 Å². The SMILES string of the molecule is O=C(C1CNC1)N1CCC(OC2CCCC2)CC1.